The molecule has 1 fully saturated rings. The lowest BCUT2D eigenvalue weighted by Gasteiger charge is -2.29. The Balaban J connectivity index is 1.62. The number of ether oxygens (including phenoxy) is 2. The number of methoxy groups -OCH3 is 1. The largest absolute Gasteiger partial charge is 0.383 e. The zero-order valence-electron chi connectivity index (χ0n) is 18.0. The quantitative estimate of drug-likeness (QED) is 0.553. The normalized spacial score (nSPS) is 17.6. The third-order valence-electron chi connectivity index (χ3n) is 5.41. The Morgan fingerprint density at radius 3 is 2.63 bits per heavy atom. The van der Waals surface area contributed by atoms with Crippen LogP contribution in [0, 0.1) is 0 Å². The molecule has 2 aromatic carbocycles. The maximum Gasteiger partial charge on any atom is 0.251 e. The topological polar surface area (TPSA) is 62.8 Å². The second-order valence-corrected chi connectivity index (χ2v) is 7.62. The van der Waals surface area contributed by atoms with Crippen LogP contribution in [0.3, 0.4) is 0 Å². The van der Waals surface area contributed by atoms with Gasteiger partial charge in [0, 0.05) is 44.5 Å². The summed E-state index contributed by atoms with van der Waals surface area (Å²) < 4.78 is 10.8. The predicted molar refractivity (Wildman–Crippen MR) is 120 cm³/mol. The number of carbonyl (C=O) groups excluding carboxylic acids is 1. The van der Waals surface area contributed by atoms with Crippen LogP contribution in [0.15, 0.2) is 54.6 Å². The third-order valence-corrected chi connectivity index (χ3v) is 5.41. The van der Waals surface area contributed by atoms with Gasteiger partial charge in [-0.3, -0.25) is 9.69 Å². The van der Waals surface area contributed by atoms with Gasteiger partial charge in [0.25, 0.3) is 5.91 Å². The predicted octanol–water partition coefficient (Wildman–Crippen LogP) is 3.67. The highest BCUT2D eigenvalue weighted by molar-refractivity contribution is 5.94. The summed E-state index contributed by atoms with van der Waals surface area (Å²) in [5.74, 6) is -0.0234. The summed E-state index contributed by atoms with van der Waals surface area (Å²) in [5.41, 5.74) is 2.98. The van der Waals surface area contributed by atoms with Gasteiger partial charge in [-0.1, -0.05) is 37.3 Å². The summed E-state index contributed by atoms with van der Waals surface area (Å²) in [6, 6.07) is 18.5. The van der Waals surface area contributed by atoms with E-state index in [9.17, 15) is 4.79 Å². The second kappa shape index (κ2) is 11.7. The highest BCUT2D eigenvalue weighted by atomic mass is 16.7. The smallest absolute Gasteiger partial charge is 0.251 e. The number of carbonyl (C=O) groups is 1. The van der Waals surface area contributed by atoms with Gasteiger partial charge < -0.3 is 20.1 Å². The molecular formula is C24H33N3O3. The molecule has 0 bridgehead atoms. The lowest BCUT2D eigenvalue weighted by Crippen LogP contribution is -2.33. The minimum absolute atomic E-state index is 0.0234. The Morgan fingerprint density at radius 1 is 1.17 bits per heavy atom. The van der Waals surface area contributed by atoms with Crippen molar-refractivity contribution in [1.82, 2.24) is 10.2 Å². The van der Waals surface area contributed by atoms with Gasteiger partial charge in [-0.15, -0.1) is 0 Å². The van der Waals surface area contributed by atoms with E-state index in [0.717, 1.165) is 38.2 Å². The summed E-state index contributed by atoms with van der Waals surface area (Å²) in [6.07, 6.45) is 2.14. The molecular weight excluding hydrogens is 378 g/mol. The zero-order chi connectivity index (χ0) is 21.2. The fourth-order valence-corrected chi connectivity index (χ4v) is 3.76. The van der Waals surface area contributed by atoms with Gasteiger partial charge in [0.15, 0.2) is 0 Å². The van der Waals surface area contributed by atoms with Gasteiger partial charge in [-0.05, 0) is 42.7 Å². The van der Waals surface area contributed by atoms with Gasteiger partial charge >= 0.3 is 0 Å². The molecule has 0 radical (unpaired) electrons. The molecule has 3 rings (SSSR count). The first-order valence-corrected chi connectivity index (χ1v) is 10.7. The van der Waals surface area contributed by atoms with Gasteiger partial charge in [0.2, 0.25) is 0 Å². The number of amides is 1. The Labute approximate surface area is 179 Å². The van der Waals surface area contributed by atoms with Crippen LogP contribution >= 0.6 is 0 Å². The van der Waals surface area contributed by atoms with Crippen LogP contribution in [-0.4, -0.2) is 57.0 Å². The molecule has 0 aromatic heterocycles. The molecule has 1 saturated heterocycles. The van der Waals surface area contributed by atoms with Crippen molar-refractivity contribution >= 4 is 11.6 Å². The number of anilines is 1. The van der Waals surface area contributed by atoms with Crippen LogP contribution < -0.4 is 10.6 Å². The summed E-state index contributed by atoms with van der Waals surface area (Å²) in [6.45, 7) is 5.74. The van der Waals surface area contributed by atoms with Crippen molar-refractivity contribution in [3.05, 3.63) is 65.7 Å². The maximum atomic E-state index is 12.1. The maximum absolute atomic E-state index is 12.1. The monoisotopic (exact) mass is 411 g/mol. The van der Waals surface area contributed by atoms with E-state index in [0.29, 0.717) is 18.9 Å². The molecule has 162 valence electrons. The van der Waals surface area contributed by atoms with E-state index in [4.69, 9.17) is 9.47 Å². The Morgan fingerprint density at radius 2 is 1.93 bits per heavy atom. The van der Waals surface area contributed by atoms with Crippen molar-refractivity contribution in [1.29, 1.82) is 0 Å². The van der Waals surface area contributed by atoms with Crippen molar-refractivity contribution in [2.24, 2.45) is 0 Å². The number of likely N-dealkylation sites (tertiary alicyclic amines) is 1. The van der Waals surface area contributed by atoms with E-state index < -0.39 is 0 Å². The van der Waals surface area contributed by atoms with Gasteiger partial charge in [-0.2, -0.15) is 0 Å². The van der Waals surface area contributed by atoms with Crippen LogP contribution in [0.2, 0.25) is 0 Å². The average molecular weight is 412 g/mol. The van der Waals surface area contributed by atoms with E-state index in [1.807, 2.05) is 37.3 Å². The van der Waals surface area contributed by atoms with Gasteiger partial charge in [0.1, 0.15) is 6.79 Å². The summed E-state index contributed by atoms with van der Waals surface area (Å²) in [7, 11) is 1.65. The number of nitrogens with one attached hydrogen (secondary N) is 2. The van der Waals surface area contributed by atoms with Crippen LogP contribution in [0.4, 0.5) is 5.69 Å². The van der Waals surface area contributed by atoms with Crippen molar-refractivity contribution < 1.29 is 14.3 Å². The highest BCUT2D eigenvalue weighted by Gasteiger charge is 2.29. The van der Waals surface area contributed by atoms with Gasteiger partial charge in [0.05, 0.1) is 12.1 Å². The van der Waals surface area contributed by atoms with E-state index in [2.05, 4.69) is 39.8 Å². The van der Waals surface area contributed by atoms with E-state index in [-0.39, 0.29) is 18.1 Å². The van der Waals surface area contributed by atoms with Gasteiger partial charge in [-0.25, -0.2) is 0 Å². The Kier molecular flexibility index (Phi) is 8.68. The lowest BCUT2D eigenvalue weighted by molar-refractivity contribution is -0.0679. The molecule has 30 heavy (non-hydrogen) atoms. The van der Waals surface area contributed by atoms with Crippen molar-refractivity contribution in [3.8, 4) is 0 Å². The third kappa shape index (κ3) is 6.29. The average Bonchev–Trinajstić information content (AvgIpc) is 3.26. The fraction of sp³-hybridized carbons (Fsp3) is 0.458. The van der Waals surface area contributed by atoms with Crippen LogP contribution in [0.1, 0.15) is 41.7 Å². The molecule has 1 heterocycles. The SMILES string of the molecule is CCCNC(=O)c1ccc(NC[C@@H](c2ccccc2)N2CC[C@H](OCOC)C2)cc1. The minimum Gasteiger partial charge on any atom is -0.383 e. The van der Waals surface area contributed by atoms with E-state index >= 15 is 0 Å². The highest BCUT2D eigenvalue weighted by Crippen LogP contribution is 2.27. The molecule has 1 aliphatic rings. The first-order valence-electron chi connectivity index (χ1n) is 10.7. The number of hydrogen-bond donors (Lipinski definition) is 2. The summed E-state index contributed by atoms with van der Waals surface area (Å²) in [4.78, 5) is 14.6. The molecule has 2 atom stereocenters. The van der Waals surface area contributed by atoms with Crippen LogP contribution in [0.25, 0.3) is 0 Å². The zero-order valence-corrected chi connectivity index (χ0v) is 18.0. The van der Waals surface area contributed by atoms with E-state index in [1.165, 1.54) is 5.56 Å². The minimum atomic E-state index is -0.0234. The number of nitrogens with zero attached hydrogens (tertiary/aromatic N) is 1. The number of hydrogen-bond acceptors (Lipinski definition) is 5. The van der Waals surface area contributed by atoms with Crippen molar-refractivity contribution in [2.75, 3.05) is 45.4 Å². The second-order valence-electron chi connectivity index (χ2n) is 7.62. The molecule has 2 N–H and O–H groups in total. The summed E-state index contributed by atoms with van der Waals surface area (Å²) in [5, 5.41) is 6.46. The van der Waals surface area contributed by atoms with Crippen molar-refractivity contribution in [3.63, 3.8) is 0 Å². The first-order chi connectivity index (χ1) is 14.7. The lowest BCUT2D eigenvalue weighted by atomic mass is 10.1. The molecule has 0 aliphatic carbocycles. The van der Waals surface area contributed by atoms with Crippen LogP contribution in [-0.2, 0) is 9.47 Å². The number of benzene rings is 2. The summed E-state index contributed by atoms with van der Waals surface area (Å²) >= 11 is 0. The molecule has 0 unspecified atom stereocenters. The molecule has 1 aliphatic heterocycles. The molecule has 2 aromatic rings. The number of rotatable bonds is 11. The van der Waals surface area contributed by atoms with Crippen molar-refractivity contribution in [2.45, 2.75) is 31.9 Å². The molecule has 0 spiro atoms. The molecule has 1 amide bonds. The van der Waals surface area contributed by atoms with E-state index in [1.54, 1.807) is 7.11 Å². The fourth-order valence-electron chi connectivity index (χ4n) is 3.76. The standard InChI is InChI=1S/C24H33N3O3/c1-3-14-25-24(28)20-9-11-21(12-10-20)26-16-23(19-7-5-4-6-8-19)27-15-13-22(17-27)30-18-29-2/h4-12,22-23,26H,3,13-18H2,1-2H3,(H,25,28)/t22-,23-/m0/s1. The molecule has 6 heteroatoms. The Bertz CT molecular complexity index is 767. The molecule has 0 saturated carbocycles. The first kappa shape index (κ1) is 22.3. The Hall–Kier alpha value is -2.41. The molecule has 6 nitrogen and oxygen atoms in total. The van der Waals surface area contributed by atoms with Crippen LogP contribution in [0.5, 0.6) is 0 Å².